The minimum atomic E-state index is -0.255. The van der Waals surface area contributed by atoms with Crippen molar-refractivity contribution in [2.45, 2.75) is 12.1 Å². The van der Waals surface area contributed by atoms with Gasteiger partial charge in [-0.1, -0.05) is 17.8 Å². The number of nitrogens with one attached hydrogen (secondary N) is 1. The number of nitrogens with zero attached hydrogens (tertiary/aromatic N) is 2. The summed E-state index contributed by atoms with van der Waals surface area (Å²) in [7, 11) is 0. The molecule has 2 rings (SSSR count). The molecule has 1 aromatic heterocycles. The van der Waals surface area contributed by atoms with Gasteiger partial charge in [-0.3, -0.25) is 14.2 Å². The van der Waals surface area contributed by atoms with Crippen LogP contribution in [0.5, 0.6) is 0 Å². The van der Waals surface area contributed by atoms with Crippen LogP contribution in [0.25, 0.3) is 5.69 Å². The van der Waals surface area contributed by atoms with Crippen molar-refractivity contribution in [2.24, 2.45) is 0 Å². The first-order chi connectivity index (χ1) is 9.26. The van der Waals surface area contributed by atoms with E-state index in [0.29, 0.717) is 12.2 Å². The van der Waals surface area contributed by atoms with Gasteiger partial charge in [-0.05, 0) is 31.4 Å². The Balaban J connectivity index is 2.27. The average molecular weight is 277 g/mol. The number of thioether (sulfide) groups is 1. The molecular weight excluding hydrogens is 262 g/mol. The quantitative estimate of drug-likeness (QED) is 0.673. The summed E-state index contributed by atoms with van der Waals surface area (Å²) in [6.45, 7) is 2.25. The van der Waals surface area contributed by atoms with Crippen LogP contribution in [0.2, 0.25) is 0 Å². The lowest BCUT2D eigenvalue weighted by Gasteiger charge is -2.08. The molecule has 0 spiro atoms. The monoisotopic (exact) mass is 277 g/mol. The van der Waals surface area contributed by atoms with Crippen LogP contribution < -0.4 is 5.48 Å². The van der Waals surface area contributed by atoms with Crippen LogP contribution in [0.3, 0.4) is 0 Å². The molecule has 0 aliphatic rings. The number of amides is 1. The molecule has 1 heterocycles. The van der Waals surface area contributed by atoms with Gasteiger partial charge in [-0.15, -0.1) is 0 Å². The van der Waals surface area contributed by atoms with Gasteiger partial charge in [0.1, 0.15) is 0 Å². The Labute approximate surface area is 115 Å². The van der Waals surface area contributed by atoms with Gasteiger partial charge in [0.25, 0.3) is 5.91 Å². The third-order valence-electron chi connectivity index (χ3n) is 2.49. The molecule has 1 amide bonds. The van der Waals surface area contributed by atoms with Crippen LogP contribution in [0.15, 0.2) is 41.8 Å². The van der Waals surface area contributed by atoms with Gasteiger partial charge < -0.3 is 0 Å². The zero-order valence-corrected chi connectivity index (χ0v) is 11.6. The summed E-state index contributed by atoms with van der Waals surface area (Å²) in [4.78, 5) is 21.0. The number of rotatable bonds is 5. The number of carbonyl (C=O) groups is 1. The molecule has 0 bridgehead atoms. The van der Waals surface area contributed by atoms with E-state index in [1.807, 2.05) is 36.1 Å². The highest BCUT2D eigenvalue weighted by Crippen LogP contribution is 2.18. The zero-order chi connectivity index (χ0) is 13.7. The van der Waals surface area contributed by atoms with Gasteiger partial charge in [0.2, 0.25) is 0 Å². The average Bonchev–Trinajstić information content (AvgIpc) is 2.93. The van der Waals surface area contributed by atoms with Gasteiger partial charge in [0.15, 0.2) is 5.16 Å². The number of aromatic nitrogens is 2. The fraction of sp³-hybridized carbons (Fsp3) is 0.231. The second kappa shape index (κ2) is 6.40. The fourth-order valence-electron chi connectivity index (χ4n) is 1.63. The fourth-order valence-corrected chi connectivity index (χ4v) is 2.16. The number of carbonyl (C=O) groups excluding carboxylic acids is 1. The predicted octanol–water partition coefficient (Wildman–Crippen LogP) is 2.28. The summed E-state index contributed by atoms with van der Waals surface area (Å²) < 4.78 is 1.93. The molecule has 6 heteroatoms. The highest BCUT2D eigenvalue weighted by Gasteiger charge is 2.08. The van der Waals surface area contributed by atoms with Crippen molar-refractivity contribution in [3.63, 3.8) is 0 Å². The van der Waals surface area contributed by atoms with Gasteiger partial charge in [-0.2, -0.15) is 0 Å². The number of hydrogen-bond donors (Lipinski definition) is 1. The minimum Gasteiger partial charge on any atom is -0.295 e. The molecule has 0 unspecified atom stereocenters. The van der Waals surface area contributed by atoms with Crippen LogP contribution in [0.4, 0.5) is 0 Å². The lowest BCUT2D eigenvalue weighted by atomic mass is 10.2. The van der Waals surface area contributed by atoms with Gasteiger partial charge >= 0.3 is 0 Å². The highest BCUT2D eigenvalue weighted by atomic mass is 32.2. The smallest absolute Gasteiger partial charge is 0.274 e. The number of benzene rings is 1. The van der Waals surface area contributed by atoms with Crippen molar-refractivity contribution < 1.29 is 9.63 Å². The van der Waals surface area contributed by atoms with E-state index in [1.165, 1.54) is 0 Å². The molecule has 100 valence electrons. The summed E-state index contributed by atoms with van der Waals surface area (Å²) in [6.07, 6.45) is 5.56. The van der Waals surface area contributed by atoms with Crippen LogP contribution in [-0.2, 0) is 4.84 Å². The van der Waals surface area contributed by atoms with Crippen molar-refractivity contribution in [3.05, 3.63) is 42.2 Å². The largest absolute Gasteiger partial charge is 0.295 e. The minimum absolute atomic E-state index is 0.255. The number of hydroxylamine groups is 1. The van der Waals surface area contributed by atoms with Gasteiger partial charge in [-0.25, -0.2) is 10.5 Å². The Bertz CT molecular complexity index is 569. The van der Waals surface area contributed by atoms with E-state index in [2.05, 4.69) is 10.5 Å². The van der Waals surface area contributed by atoms with Gasteiger partial charge in [0, 0.05) is 23.6 Å². The van der Waals surface area contributed by atoms with Crippen molar-refractivity contribution in [1.29, 1.82) is 0 Å². The summed E-state index contributed by atoms with van der Waals surface area (Å²) in [5.41, 5.74) is 3.82. The van der Waals surface area contributed by atoms with Crippen molar-refractivity contribution in [2.75, 3.05) is 12.9 Å². The van der Waals surface area contributed by atoms with Gasteiger partial charge in [0.05, 0.1) is 6.61 Å². The van der Waals surface area contributed by atoms with Crippen molar-refractivity contribution >= 4 is 17.7 Å². The SMILES string of the molecule is CCONC(=O)c1cccc(-n2ccnc2SC)c1. The van der Waals surface area contributed by atoms with E-state index in [9.17, 15) is 4.79 Å². The molecule has 0 atom stereocenters. The normalized spacial score (nSPS) is 10.4. The molecule has 0 aliphatic heterocycles. The summed E-state index contributed by atoms with van der Waals surface area (Å²) in [5, 5.41) is 0.877. The van der Waals surface area contributed by atoms with Crippen molar-refractivity contribution in [3.8, 4) is 5.69 Å². The molecule has 0 fully saturated rings. The standard InChI is InChI=1S/C13H15N3O2S/c1-3-18-15-12(17)10-5-4-6-11(9-10)16-8-7-14-13(16)19-2/h4-9H,3H2,1-2H3,(H,15,17). The third kappa shape index (κ3) is 3.15. The summed E-state index contributed by atoms with van der Waals surface area (Å²) >= 11 is 1.55. The lowest BCUT2D eigenvalue weighted by molar-refractivity contribution is 0.0364. The first kappa shape index (κ1) is 13.6. The number of imidazole rings is 1. The molecule has 19 heavy (non-hydrogen) atoms. The lowest BCUT2D eigenvalue weighted by Crippen LogP contribution is -2.23. The topological polar surface area (TPSA) is 56.1 Å². The Kier molecular flexibility index (Phi) is 4.59. The second-order valence-corrected chi connectivity index (χ2v) is 4.47. The molecule has 1 aromatic carbocycles. The Morgan fingerprint density at radius 2 is 2.37 bits per heavy atom. The Hall–Kier alpha value is -1.79. The first-order valence-electron chi connectivity index (χ1n) is 5.86. The molecule has 0 radical (unpaired) electrons. The van der Waals surface area contributed by atoms with Crippen LogP contribution in [0, 0.1) is 0 Å². The molecule has 2 aromatic rings. The molecular formula is C13H15N3O2S. The van der Waals surface area contributed by atoms with E-state index in [0.717, 1.165) is 10.8 Å². The molecule has 5 nitrogen and oxygen atoms in total. The molecule has 0 saturated heterocycles. The van der Waals surface area contributed by atoms with Crippen LogP contribution >= 0.6 is 11.8 Å². The molecule has 0 aliphatic carbocycles. The summed E-state index contributed by atoms with van der Waals surface area (Å²) in [5.74, 6) is -0.255. The molecule has 1 N–H and O–H groups in total. The highest BCUT2D eigenvalue weighted by molar-refractivity contribution is 7.98. The van der Waals surface area contributed by atoms with Crippen LogP contribution in [0.1, 0.15) is 17.3 Å². The van der Waals surface area contributed by atoms with E-state index in [4.69, 9.17) is 4.84 Å². The van der Waals surface area contributed by atoms with E-state index in [-0.39, 0.29) is 5.91 Å². The number of hydrogen-bond acceptors (Lipinski definition) is 4. The maximum atomic E-state index is 11.8. The molecule has 0 saturated carbocycles. The van der Waals surface area contributed by atoms with E-state index < -0.39 is 0 Å². The van der Waals surface area contributed by atoms with Crippen LogP contribution in [-0.4, -0.2) is 28.3 Å². The van der Waals surface area contributed by atoms with Crippen molar-refractivity contribution in [1.82, 2.24) is 15.0 Å². The predicted molar refractivity (Wildman–Crippen MR) is 74.4 cm³/mol. The Morgan fingerprint density at radius 3 is 3.11 bits per heavy atom. The summed E-state index contributed by atoms with van der Waals surface area (Å²) in [6, 6.07) is 7.31. The van der Waals surface area contributed by atoms with E-state index >= 15 is 0 Å². The Morgan fingerprint density at radius 1 is 1.53 bits per heavy atom. The first-order valence-corrected chi connectivity index (χ1v) is 7.08. The zero-order valence-electron chi connectivity index (χ0n) is 10.8. The maximum Gasteiger partial charge on any atom is 0.274 e. The second-order valence-electron chi connectivity index (χ2n) is 3.70. The maximum absolute atomic E-state index is 11.8. The van der Waals surface area contributed by atoms with E-state index in [1.54, 1.807) is 30.1 Å². The third-order valence-corrected chi connectivity index (χ3v) is 3.15.